The van der Waals surface area contributed by atoms with E-state index in [1.54, 1.807) is 12.3 Å². The van der Waals surface area contributed by atoms with Gasteiger partial charge in [-0.3, -0.25) is 0 Å². The highest BCUT2D eigenvalue weighted by atomic mass is 16.4. The molecule has 0 atom stereocenters. The highest BCUT2D eigenvalue weighted by Gasteiger charge is 1.99. The molecule has 0 spiro atoms. The zero-order valence-electron chi connectivity index (χ0n) is 9.67. The third kappa shape index (κ3) is 3.72. The minimum atomic E-state index is -0.0410. The van der Waals surface area contributed by atoms with Crippen LogP contribution in [0.3, 0.4) is 0 Å². The van der Waals surface area contributed by atoms with Gasteiger partial charge in [0.05, 0.1) is 12.9 Å². The Bertz CT molecular complexity index is 423. The van der Waals surface area contributed by atoms with Gasteiger partial charge in [0.25, 0.3) is 0 Å². The smallest absolute Gasteiger partial charge is 0.129 e. The molecule has 0 amide bonds. The van der Waals surface area contributed by atoms with Gasteiger partial charge in [0.1, 0.15) is 18.1 Å². The number of furan rings is 1. The van der Waals surface area contributed by atoms with E-state index in [9.17, 15) is 0 Å². The molecule has 0 bridgehead atoms. The molecule has 2 heterocycles. The molecule has 0 radical (unpaired) electrons. The Morgan fingerprint density at radius 2 is 2.24 bits per heavy atom. The van der Waals surface area contributed by atoms with Crippen molar-refractivity contribution >= 4 is 0 Å². The lowest BCUT2D eigenvalue weighted by molar-refractivity contribution is 0.242. The lowest BCUT2D eigenvalue weighted by Crippen LogP contribution is -2.15. The number of hydrogen-bond acceptors (Lipinski definition) is 4. The van der Waals surface area contributed by atoms with Gasteiger partial charge < -0.3 is 19.4 Å². The molecule has 2 rings (SSSR count). The van der Waals surface area contributed by atoms with E-state index in [-0.39, 0.29) is 6.61 Å². The van der Waals surface area contributed by atoms with E-state index in [2.05, 4.69) is 14.9 Å². The van der Waals surface area contributed by atoms with E-state index in [1.165, 1.54) is 0 Å². The first kappa shape index (κ1) is 11.9. The monoisotopic (exact) mass is 235 g/mol. The maximum absolute atomic E-state index is 8.84. The maximum Gasteiger partial charge on any atom is 0.129 e. The number of imidazole rings is 1. The van der Waals surface area contributed by atoms with Crippen LogP contribution < -0.4 is 5.32 Å². The minimum Gasteiger partial charge on any atom is -0.462 e. The first-order chi connectivity index (χ1) is 8.38. The second-order valence-corrected chi connectivity index (χ2v) is 3.86. The lowest BCUT2D eigenvalue weighted by atomic mass is 10.4. The van der Waals surface area contributed by atoms with E-state index < -0.39 is 0 Å². The summed E-state index contributed by atoms with van der Waals surface area (Å²) in [5, 5.41) is 12.1. The van der Waals surface area contributed by atoms with Crippen molar-refractivity contribution < 1.29 is 9.52 Å². The molecule has 2 aromatic heterocycles. The molecule has 92 valence electrons. The zero-order chi connectivity index (χ0) is 11.9. The van der Waals surface area contributed by atoms with Crippen LogP contribution in [-0.4, -0.2) is 21.2 Å². The number of aliphatic hydroxyl groups excluding tert-OH is 1. The molecular formula is C12H17N3O2. The Labute approximate surface area is 100 Å². The summed E-state index contributed by atoms with van der Waals surface area (Å²) in [7, 11) is 0. The molecule has 0 aromatic carbocycles. The molecule has 0 aliphatic heterocycles. The highest BCUT2D eigenvalue weighted by molar-refractivity contribution is 5.05. The summed E-state index contributed by atoms with van der Waals surface area (Å²) in [5.74, 6) is 1.47. The largest absolute Gasteiger partial charge is 0.462 e. The molecule has 0 fully saturated rings. The summed E-state index contributed by atoms with van der Waals surface area (Å²) in [6.07, 6.45) is 6.61. The van der Waals surface area contributed by atoms with Crippen molar-refractivity contribution in [1.82, 2.24) is 14.9 Å². The summed E-state index contributed by atoms with van der Waals surface area (Å²) in [6, 6.07) is 3.68. The number of aromatic nitrogens is 2. The van der Waals surface area contributed by atoms with E-state index >= 15 is 0 Å². The van der Waals surface area contributed by atoms with Gasteiger partial charge in [-0.2, -0.15) is 0 Å². The van der Waals surface area contributed by atoms with Crippen LogP contribution >= 0.6 is 0 Å². The van der Waals surface area contributed by atoms with Crippen LogP contribution in [0.2, 0.25) is 0 Å². The van der Waals surface area contributed by atoms with Gasteiger partial charge >= 0.3 is 0 Å². The van der Waals surface area contributed by atoms with Crippen LogP contribution in [0.15, 0.2) is 35.3 Å². The third-order valence-corrected chi connectivity index (χ3v) is 2.50. The molecular weight excluding hydrogens is 218 g/mol. The lowest BCUT2D eigenvalue weighted by Gasteiger charge is -2.03. The molecule has 0 unspecified atom stereocenters. The van der Waals surface area contributed by atoms with Crippen LogP contribution in [0.1, 0.15) is 17.9 Å². The van der Waals surface area contributed by atoms with E-state index in [4.69, 9.17) is 9.52 Å². The Hall–Kier alpha value is -1.59. The molecule has 2 aromatic rings. The number of rotatable bonds is 7. The van der Waals surface area contributed by atoms with Gasteiger partial charge in [-0.1, -0.05) is 0 Å². The van der Waals surface area contributed by atoms with Crippen molar-refractivity contribution in [2.45, 2.75) is 26.1 Å². The molecule has 5 heteroatoms. The maximum atomic E-state index is 8.84. The van der Waals surface area contributed by atoms with Crippen LogP contribution in [0.4, 0.5) is 0 Å². The van der Waals surface area contributed by atoms with Crippen molar-refractivity contribution in [3.05, 3.63) is 42.4 Å². The molecule has 0 saturated heterocycles. The second-order valence-electron chi connectivity index (χ2n) is 3.86. The number of aliphatic hydroxyl groups is 1. The summed E-state index contributed by atoms with van der Waals surface area (Å²) >= 11 is 0. The van der Waals surface area contributed by atoms with Crippen LogP contribution in [-0.2, 0) is 19.7 Å². The Balaban J connectivity index is 1.60. The fraction of sp³-hybridized carbons (Fsp3) is 0.417. The first-order valence-corrected chi connectivity index (χ1v) is 5.73. The molecule has 0 aliphatic carbocycles. The predicted molar refractivity (Wildman–Crippen MR) is 63.2 cm³/mol. The van der Waals surface area contributed by atoms with Crippen molar-refractivity contribution in [2.75, 3.05) is 6.54 Å². The summed E-state index contributed by atoms with van der Waals surface area (Å²) in [4.78, 5) is 3.98. The van der Waals surface area contributed by atoms with Crippen LogP contribution in [0.25, 0.3) is 0 Å². The standard InChI is InChI=1S/C12H17N3O2/c16-9-12-3-2-11(17-12)8-13-4-1-6-15-7-5-14-10-15/h2-3,5,7,10,13,16H,1,4,6,8-9H2. The van der Waals surface area contributed by atoms with Crippen molar-refractivity contribution in [1.29, 1.82) is 0 Å². The van der Waals surface area contributed by atoms with Gasteiger partial charge in [-0.25, -0.2) is 4.98 Å². The van der Waals surface area contributed by atoms with Crippen molar-refractivity contribution in [3.8, 4) is 0 Å². The average molecular weight is 235 g/mol. The molecule has 0 aliphatic rings. The van der Waals surface area contributed by atoms with E-state index in [0.717, 1.165) is 25.3 Å². The fourth-order valence-corrected chi connectivity index (χ4v) is 1.62. The molecule has 2 N–H and O–H groups in total. The summed E-state index contributed by atoms with van der Waals surface area (Å²) < 4.78 is 7.41. The Morgan fingerprint density at radius 3 is 2.94 bits per heavy atom. The highest BCUT2D eigenvalue weighted by Crippen LogP contribution is 2.06. The SMILES string of the molecule is OCc1ccc(CNCCCn2ccnc2)o1. The zero-order valence-corrected chi connectivity index (χ0v) is 9.67. The van der Waals surface area contributed by atoms with Gasteiger partial charge in [-0.05, 0) is 25.1 Å². The van der Waals surface area contributed by atoms with Crippen LogP contribution in [0.5, 0.6) is 0 Å². The van der Waals surface area contributed by atoms with Gasteiger partial charge in [0.15, 0.2) is 0 Å². The predicted octanol–water partition coefficient (Wildman–Crippen LogP) is 1.15. The minimum absolute atomic E-state index is 0.0410. The topological polar surface area (TPSA) is 63.2 Å². The van der Waals surface area contributed by atoms with Crippen molar-refractivity contribution in [2.24, 2.45) is 0 Å². The molecule has 5 nitrogen and oxygen atoms in total. The number of nitrogens with one attached hydrogen (secondary N) is 1. The first-order valence-electron chi connectivity index (χ1n) is 5.73. The molecule has 0 saturated carbocycles. The third-order valence-electron chi connectivity index (χ3n) is 2.50. The van der Waals surface area contributed by atoms with Crippen molar-refractivity contribution in [3.63, 3.8) is 0 Å². The van der Waals surface area contributed by atoms with Gasteiger partial charge in [0.2, 0.25) is 0 Å². The number of nitrogens with zero attached hydrogens (tertiary/aromatic N) is 2. The number of hydrogen-bond donors (Lipinski definition) is 2. The summed E-state index contributed by atoms with van der Waals surface area (Å²) in [6.45, 7) is 2.55. The fourth-order valence-electron chi connectivity index (χ4n) is 1.62. The van der Waals surface area contributed by atoms with E-state index in [1.807, 2.05) is 18.6 Å². The van der Waals surface area contributed by atoms with E-state index in [0.29, 0.717) is 12.3 Å². The number of aryl methyl sites for hydroxylation is 1. The molecule has 17 heavy (non-hydrogen) atoms. The van der Waals surface area contributed by atoms with Gasteiger partial charge in [-0.15, -0.1) is 0 Å². The van der Waals surface area contributed by atoms with Crippen LogP contribution in [0, 0.1) is 0 Å². The quantitative estimate of drug-likeness (QED) is 0.707. The Morgan fingerprint density at radius 1 is 1.35 bits per heavy atom. The average Bonchev–Trinajstić information content (AvgIpc) is 2.99. The second kappa shape index (κ2) is 6.22. The normalized spacial score (nSPS) is 10.9. The van der Waals surface area contributed by atoms with Gasteiger partial charge in [0, 0.05) is 18.9 Å². The Kier molecular flexibility index (Phi) is 4.35. The summed E-state index contributed by atoms with van der Waals surface area (Å²) in [5.41, 5.74) is 0.